The van der Waals surface area contributed by atoms with Gasteiger partial charge in [0, 0.05) is 12.1 Å². The molecule has 0 unspecified atom stereocenters. The zero-order valence-electron chi connectivity index (χ0n) is 17.6. The number of thioether (sulfide) groups is 1. The molecule has 1 aliphatic heterocycles. The number of nitrogens with one attached hydrogen (secondary N) is 2. The number of carbonyl (C=O) groups excluding carboxylic acids is 1. The first-order valence-electron chi connectivity index (χ1n) is 10.4. The third-order valence-electron chi connectivity index (χ3n) is 5.27. The number of anilines is 1. The van der Waals surface area contributed by atoms with Crippen LogP contribution in [-0.2, 0) is 17.6 Å². The molecule has 7 heteroatoms. The minimum atomic E-state index is -0.371. The van der Waals surface area contributed by atoms with Crippen LogP contribution in [0.15, 0.2) is 53.7 Å². The lowest BCUT2D eigenvalue weighted by Gasteiger charge is -2.33. The maximum absolute atomic E-state index is 13.3. The predicted molar refractivity (Wildman–Crippen MR) is 121 cm³/mol. The van der Waals surface area contributed by atoms with E-state index >= 15 is 0 Å². The predicted octanol–water partition coefficient (Wildman–Crippen LogP) is 4.50. The molecular weight excluding hydrogens is 394 g/mol. The van der Waals surface area contributed by atoms with Crippen LogP contribution in [0.3, 0.4) is 0 Å². The van der Waals surface area contributed by atoms with Gasteiger partial charge in [-0.3, -0.25) is 4.79 Å². The van der Waals surface area contributed by atoms with Gasteiger partial charge in [-0.1, -0.05) is 62.0 Å². The van der Waals surface area contributed by atoms with E-state index in [1.807, 2.05) is 35.9 Å². The fourth-order valence-electron chi connectivity index (χ4n) is 3.63. The van der Waals surface area contributed by atoms with E-state index in [4.69, 9.17) is 0 Å². The Labute approximate surface area is 181 Å². The number of aromatic nitrogens is 3. The second-order valence-electron chi connectivity index (χ2n) is 7.58. The van der Waals surface area contributed by atoms with E-state index in [1.54, 1.807) is 0 Å². The molecule has 0 saturated carbocycles. The summed E-state index contributed by atoms with van der Waals surface area (Å²) in [6.45, 7) is 6.28. The van der Waals surface area contributed by atoms with Crippen LogP contribution >= 0.6 is 11.8 Å². The van der Waals surface area contributed by atoms with E-state index < -0.39 is 0 Å². The molecule has 0 aliphatic carbocycles. The van der Waals surface area contributed by atoms with E-state index in [-0.39, 0.29) is 17.2 Å². The molecule has 0 fully saturated rings. The van der Waals surface area contributed by atoms with Crippen LogP contribution in [-0.4, -0.2) is 26.0 Å². The average molecular weight is 422 g/mol. The number of hydrogen-bond donors (Lipinski definition) is 2. The number of hydrogen-bond acceptors (Lipinski definition) is 5. The smallest absolute Gasteiger partial charge is 0.240 e. The van der Waals surface area contributed by atoms with Crippen molar-refractivity contribution in [1.82, 2.24) is 14.9 Å². The number of aryl methyl sites for hydroxylation is 3. The van der Waals surface area contributed by atoms with Gasteiger partial charge in [0.2, 0.25) is 11.1 Å². The molecule has 3 aromatic rings. The van der Waals surface area contributed by atoms with Gasteiger partial charge in [-0.05, 0) is 48.6 Å². The van der Waals surface area contributed by atoms with Gasteiger partial charge in [-0.25, -0.2) is 4.68 Å². The molecule has 1 aliphatic rings. The summed E-state index contributed by atoms with van der Waals surface area (Å²) < 4.78 is 1.95. The molecule has 1 amide bonds. The Morgan fingerprint density at radius 2 is 1.97 bits per heavy atom. The number of nitrogens with zero attached hydrogens (tertiary/aromatic N) is 3. The van der Waals surface area contributed by atoms with Crippen LogP contribution in [0.25, 0.3) is 0 Å². The molecule has 1 aromatic heterocycles. The molecule has 0 radical (unpaired) electrons. The van der Waals surface area contributed by atoms with E-state index in [2.05, 4.69) is 59.1 Å². The largest absolute Gasteiger partial charge is 0.325 e. The topological polar surface area (TPSA) is 71.8 Å². The van der Waals surface area contributed by atoms with E-state index in [0.717, 1.165) is 47.1 Å². The van der Waals surface area contributed by atoms with Gasteiger partial charge >= 0.3 is 0 Å². The summed E-state index contributed by atoms with van der Waals surface area (Å²) in [5.74, 6) is 0.849. The van der Waals surface area contributed by atoms with E-state index in [1.165, 1.54) is 17.3 Å². The molecule has 2 aromatic carbocycles. The van der Waals surface area contributed by atoms with Crippen LogP contribution < -0.4 is 10.7 Å². The van der Waals surface area contributed by atoms with Crippen molar-refractivity contribution in [2.45, 2.75) is 56.5 Å². The maximum atomic E-state index is 13.3. The second-order valence-corrected chi connectivity index (χ2v) is 8.69. The van der Waals surface area contributed by atoms with Crippen molar-refractivity contribution in [3.8, 4) is 0 Å². The van der Waals surface area contributed by atoms with E-state index in [0.29, 0.717) is 0 Å². The molecule has 6 nitrogen and oxygen atoms in total. The van der Waals surface area contributed by atoms with Crippen molar-refractivity contribution in [2.75, 3.05) is 10.7 Å². The summed E-state index contributed by atoms with van der Waals surface area (Å²) in [5, 5.41) is 12.1. The Hall–Kier alpha value is -2.80. The van der Waals surface area contributed by atoms with Crippen LogP contribution in [0.5, 0.6) is 0 Å². The summed E-state index contributed by atoms with van der Waals surface area (Å²) >= 11 is 1.46. The molecule has 2 atom stereocenters. The molecule has 2 N–H and O–H groups in total. The maximum Gasteiger partial charge on any atom is 0.240 e. The van der Waals surface area contributed by atoms with Crippen LogP contribution in [0.4, 0.5) is 5.69 Å². The summed E-state index contributed by atoms with van der Waals surface area (Å²) in [5.41, 5.74) is 7.79. The number of rotatable bonds is 6. The SMILES string of the molecule is CCCc1nnc2n1N[C@H](c1ccc(CC)cc1)[C@@H](C(=O)Nc1cccc(C)c1)S2. The number of benzene rings is 2. The molecule has 0 saturated heterocycles. The number of fused-ring (bicyclic) bond motifs is 1. The lowest BCUT2D eigenvalue weighted by atomic mass is 10.0. The lowest BCUT2D eigenvalue weighted by molar-refractivity contribution is -0.116. The summed E-state index contributed by atoms with van der Waals surface area (Å²) in [6, 6.07) is 16.2. The fourth-order valence-corrected chi connectivity index (χ4v) is 4.73. The Kier molecular flexibility index (Phi) is 6.08. The third kappa shape index (κ3) is 4.21. The fraction of sp³-hybridized carbons (Fsp3) is 0.348. The van der Waals surface area contributed by atoms with Gasteiger partial charge in [-0.2, -0.15) is 0 Å². The quantitative estimate of drug-likeness (QED) is 0.613. The van der Waals surface area contributed by atoms with Gasteiger partial charge in [0.1, 0.15) is 5.25 Å². The highest BCUT2D eigenvalue weighted by molar-refractivity contribution is 8.00. The highest BCUT2D eigenvalue weighted by atomic mass is 32.2. The zero-order valence-corrected chi connectivity index (χ0v) is 18.4. The van der Waals surface area contributed by atoms with Gasteiger partial charge < -0.3 is 10.7 Å². The second kappa shape index (κ2) is 8.92. The first-order chi connectivity index (χ1) is 14.6. The lowest BCUT2D eigenvalue weighted by Crippen LogP contribution is -2.41. The van der Waals surface area contributed by atoms with E-state index in [9.17, 15) is 4.79 Å². The van der Waals surface area contributed by atoms with Gasteiger partial charge in [0.15, 0.2) is 5.82 Å². The molecule has 30 heavy (non-hydrogen) atoms. The van der Waals surface area contributed by atoms with Gasteiger partial charge in [0.05, 0.1) is 6.04 Å². The third-order valence-corrected chi connectivity index (χ3v) is 6.48. The monoisotopic (exact) mass is 421 g/mol. The Balaban J connectivity index is 1.66. The Morgan fingerprint density at radius 1 is 1.17 bits per heavy atom. The Morgan fingerprint density at radius 3 is 2.67 bits per heavy atom. The minimum absolute atomic E-state index is 0.0473. The van der Waals surface area contributed by atoms with Crippen molar-refractivity contribution in [1.29, 1.82) is 0 Å². The van der Waals surface area contributed by atoms with Crippen molar-refractivity contribution in [2.24, 2.45) is 0 Å². The number of carbonyl (C=O) groups is 1. The van der Waals surface area contributed by atoms with Crippen molar-refractivity contribution in [3.05, 3.63) is 71.0 Å². The average Bonchev–Trinajstić information content (AvgIpc) is 3.15. The van der Waals surface area contributed by atoms with Crippen LogP contribution in [0.2, 0.25) is 0 Å². The zero-order chi connectivity index (χ0) is 21.1. The summed E-state index contributed by atoms with van der Waals surface area (Å²) in [4.78, 5) is 13.3. The molecule has 0 spiro atoms. The van der Waals surface area contributed by atoms with Crippen molar-refractivity contribution in [3.63, 3.8) is 0 Å². The summed E-state index contributed by atoms with van der Waals surface area (Å²) in [7, 11) is 0. The first-order valence-corrected chi connectivity index (χ1v) is 11.3. The normalized spacial score (nSPS) is 17.8. The standard InChI is InChI=1S/C23H27N5OS/c1-4-7-19-25-26-23-28(19)27-20(17-12-10-16(5-2)11-13-17)21(30-23)22(29)24-18-9-6-8-15(3)14-18/h6,8-14,20-21,27H,4-5,7H2,1-3H3,(H,24,29)/t20-,21+/m1/s1. The first kappa shape index (κ1) is 20.5. The Bertz CT molecular complexity index is 1030. The highest BCUT2D eigenvalue weighted by Crippen LogP contribution is 2.37. The van der Waals surface area contributed by atoms with Gasteiger partial charge in [-0.15, -0.1) is 10.2 Å². The van der Waals surface area contributed by atoms with Crippen LogP contribution in [0, 0.1) is 6.92 Å². The summed E-state index contributed by atoms with van der Waals surface area (Å²) in [6.07, 6.45) is 2.81. The van der Waals surface area contributed by atoms with Crippen molar-refractivity contribution < 1.29 is 4.79 Å². The van der Waals surface area contributed by atoms with Crippen molar-refractivity contribution >= 4 is 23.4 Å². The molecule has 0 bridgehead atoms. The molecule has 4 rings (SSSR count). The van der Waals surface area contributed by atoms with Gasteiger partial charge in [0.25, 0.3) is 0 Å². The molecule has 156 valence electrons. The van der Waals surface area contributed by atoms with Crippen LogP contribution in [0.1, 0.15) is 48.8 Å². The highest BCUT2D eigenvalue weighted by Gasteiger charge is 2.37. The molecular formula is C23H27N5OS. The molecule has 2 heterocycles. The minimum Gasteiger partial charge on any atom is -0.325 e. The number of amides is 1.